The first-order valence-electron chi connectivity index (χ1n) is 3.29. The van der Waals surface area contributed by atoms with Gasteiger partial charge in [0.25, 0.3) is 0 Å². The molecule has 8 heavy (non-hydrogen) atoms. The zero-order chi connectivity index (χ0) is 5.98. The normalized spacial score (nSPS) is 22.9. The fourth-order valence-electron chi connectivity index (χ4n) is 1.21. The topological polar surface area (TPSA) is 3.24 Å². The summed E-state index contributed by atoms with van der Waals surface area (Å²) in [4.78, 5) is 2.31. The van der Waals surface area contributed by atoms with Crippen molar-refractivity contribution >= 4 is 0 Å². The van der Waals surface area contributed by atoms with Crippen LogP contribution < -0.4 is 0 Å². The molecule has 1 fully saturated rings. The molecular formula is C7H14N. The average molecular weight is 112 g/mol. The van der Waals surface area contributed by atoms with Crippen molar-refractivity contribution in [1.29, 1.82) is 0 Å². The first-order valence-corrected chi connectivity index (χ1v) is 3.29. The van der Waals surface area contributed by atoms with Gasteiger partial charge < -0.3 is 4.90 Å². The summed E-state index contributed by atoms with van der Waals surface area (Å²) in [5.74, 6) is 0. The van der Waals surface area contributed by atoms with E-state index >= 15 is 0 Å². The zero-order valence-electron chi connectivity index (χ0n) is 5.72. The highest BCUT2D eigenvalue weighted by atomic mass is 15.1. The van der Waals surface area contributed by atoms with Gasteiger partial charge in [-0.15, -0.1) is 0 Å². The molecule has 1 atom stereocenters. The molecule has 0 aromatic carbocycles. The van der Waals surface area contributed by atoms with Crippen LogP contribution in [0.1, 0.15) is 19.3 Å². The van der Waals surface area contributed by atoms with E-state index in [0.29, 0.717) is 0 Å². The lowest BCUT2D eigenvalue weighted by Crippen LogP contribution is -2.24. The standard InChI is InChI=1S/C7H14N/c1-8(2)7-5-3-4-6-7/h3,7H,4-6H2,1-2H3/t7-/m0/s1. The average Bonchev–Trinajstić information content (AvgIpc) is 2.12. The summed E-state index contributed by atoms with van der Waals surface area (Å²) in [5, 5.41) is 0. The summed E-state index contributed by atoms with van der Waals surface area (Å²) in [6, 6.07) is 0.843. The molecule has 1 rings (SSSR count). The highest BCUT2D eigenvalue weighted by molar-refractivity contribution is 4.84. The van der Waals surface area contributed by atoms with Gasteiger partial charge in [0, 0.05) is 6.04 Å². The summed E-state index contributed by atoms with van der Waals surface area (Å²) in [6.45, 7) is 0. The van der Waals surface area contributed by atoms with E-state index in [1.165, 1.54) is 19.3 Å². The molecule has 47 valence electrons. The fourth-order valence-corrected chi connectivity index (χ4v) is 1.21. The number of hydrogen-bond acceptors (Lipinski definition) is 1. The Hall–Kier alpha value is -0.0400. The predicted molar refractivity (Wildman–Crippen MR) is 35.6 cm³/mol. The van der Waals surface area contributed by atoms with Crippen LogP contribution in [0.3, 0.4) is 0 Å². The predicted octanol–water partition coefficient (Wildman–Crippen LogP) is 1.30. The lowest BCUT2D eigenvalue weighted by molar-refractivity contribution is 0.302. The van der Waals surface area contributed by atoms with E-state index < -0.39 is 0 Å². The van der Waals surface area contributed by atoms with E-state index in [9.17, 15) is 0 Å². The van der Waals surface area contributed by atoms with Crippen LogP contribution in [0.5, 0.6) is 0 Å². The minimum absolute atomic E-state index is 0.843. The van der Waals surface area contributed by atoms with Crippen molar-refractivity contribution in [3.63, 3.8) is 0 Å². The second kappa shape index (κ2) is 2.49. The third kappa shape index (κ3) is 1.22. The summed E-state index contributed by atoms with van der Waals surface area (Å²) >= 11 is 0. The second-order valence-electron chi connectivity index (χ2n) is 2.72. The van der Waals surface area contributed by atoms with Crippen molar-refractivity contribution in [1.82, 2.24) is 4.90 Å². The molecule has 0 N–H and O–H groups in total. The van der Waals surface area contributed by atoms with Gasteiger partial charge in [0.05, 0.1) is 0 Å². The third-order valence-corrected chi connectivity index (χ3v) is 1.87. The van der Waals surface area contributed by atoms with Crippen LogP contribution in [0.4, 0.5) is 0 Å². The van der Waals surface area contributed by atoms with E-state index in [4.69, 9.17) is 0 Å². The first-order chi connectivity index (χ1) is 3.80. The Morgan fingerprint density at radius 1 is 1.50 bits per heavy atom. The van der Waals surface area contributed by atoms with Crippen LogP contribution in [-0.2, 0) is 0 Å². The molecule has 0 amide bonds. The van der Waals surface area contributed by atoms with Crippen molar-refractivity contribution in [3.8, 4) is 0 Å². The Morgan fingerprint density at radius 2 is 2.25 bits per heavy atom. The molecule has 0 aromatic heterocycles. The van der Waals surface area contributed by atoms with Gasteiger partial charge in [-0.1, -0.05) is 0 Å². The van der Waals surface area contributed by atoms with Crippen LogP contribution in [0.25, 0.3) is 0 Å². The Kier molecular flexibility index (Phi) is 1.90. The molecule has 0 aliphatic heterocycles. The Labute approximate surface area is 51.7 Å². The van der Waals surface area contributed by atoms with E-state index in [1.807, 2.05) is 0 Å². The van der Waals surface area contributed by atoms with Crippen molar-refractivity contribution in [2.75, 3.05) is 14.1 Å². The van der Waals surface area contributed by atoms with E-state index in [-0.39, 0.29) is 0 Å². The highest BCUT2D eigenvalue weighted by Gasteiger charge is 2.15. The molecule has 0 spiro atoms. The molecule has 0 heterocycles. The van der Waals surface area contributed by atoms with Crippen LogP contribution >= 0.6 is 0 Å². The van der Waals surface area contributed by atoms with Gasteiger partial charge in [-0.25, -0.2) is 0 Å². The zero-order valence-corrected chi connectivity index (χ0v) is 5.72. The third-order valence-electron chi connectivity index (χ3n) is 1.87. The number of nitrogens with zero attached hydrogens (tertiary/aromatic N) is 1. The second-order valence-corrected chi connectivity index (χ2v) is 2.72. The minimum Gasteiger partial charge on any atom is -0.306 e. The SMILES string of the molecule is CN(C)[C@H]1C[CH]CC1. The van der Waals surface area contributed by atoms with Gasteiger partial charge in [-0.05, 0) is 39.8 Å². The summed E-state index contributed by atoms with van der Waals surface area (Å²) in [6.07, 6.45) is 6.37. The summed E-state index contributed by atoms with van der Waals surface area (Å²) < 4.78 is 0. The van der Waals surface area contributed by atoms with Crippen LogP contribution in [0, 0.1) is 6.42 Å². The fraction of sp³-hybridized carbons (Fsp3) is 0.857. The highest BCUT2D eigenvalue weighted by Crippen LogP contribution is 2.19. The maximum absolute atomic E-state index is 2.38. The Bertz CT molecular complexity index is 62.8. The Morgan fingerprint density at radius 3 is 2.50 bits per heavy atom. The maximum Gasteiger partial charge on any atom is 0.00920 e. The van der Waals surface area contributed by atoms with Gasteiger partial charge in [0.2, 0.25) is 0 Å². The quantitative estimate of drug-likeness (QED) is 0.494. The molecular weight excluding hydrogens is 98.1 g/mol. The first kappa shape index (κ1) is 6.09. The van der Waals surface area contributed by atoms with Gasteiger partial charge in [-0.2, -0.15) is 0 Å². The van der Waals surface area contributed by atoms with Crippen molar-refractivity contribution in [3.05, 3.63) is 6.42 Å². The van der Waals surface area contributed by atoms with Crippen LogP contribution in [-0.4, -0.2) is 25.0 Å². The molecule has 0 bridgehead atoms. The van der Waals surface area contributed by atoms with E-state index in [2.05, 4.69) is 25.4 Å². The molecule has 0 unspecified atom stereocenters. The molecule has 1 radical (unpaired) electrons. The number of hydrogen-bond donors (Lipinski definition) is 0. The summed E-state index contributed by atoms with van der Waals surface area (Å²) in [7, 11) is 4.31. The lowest BCUT2D eigenvalue weighted by atomic mass is 10.2. The van der Waals surface area contributed by atoms with Crippen LogP contribution in [0.15, 0.2) is 0 Å². The van der Waals surface area contributed by atoms with Gasteiger partial charge in [-0.3, -0.25) is 0 Å². The molecule has 1 nitrogen and oxygen atoms in total. The number of rotatable bonds is 1. The Balaban J connectivity index is 2.24. The molecule has 1 saturated carbocycles. The molecule has 1 heteroatoms. The summed E-state index contributed by atoms with van der Waals surface area (Å²) in [5.41, 5.74) is 0. The van der Waals surface area contributed by atoms with Gasteiger partial charge in [0.1, 0.15) is 0 Å². The van der Waals surface area contributed by atoms with Crippen molar-refractivity contribution in [2.24, 2.45) is 0 Å². The molecule has 0 aromatic rings. The largest absolute Gasteiger partial charge is 0.306 e. The van der Waals surface area contributed by atoms with Crippen molar-refractivity contribution < 1.29 is 0 Å². The molecule has 0 saturated heterocycles. The molecule has 1 aliphatic carbocycles. The van der Waals surface area contributed by atoms with Gasteiger partial charge >= 0.3 is 0 Å². The molecule has 1 aliphatic rings. The van der Waals surface area contributed by atoms with Crippen molar-refractivity contribution in [2.45, 2.75) is 25.3 Å². The lowest BCUT2D eigenvalue weighted by Gasteiger charge is -2.17. The van der Waals surface area contributed by atoms with E-state index in [0.717, 1.165) is 6.04 Å². The maximum atomic E-state index is 2.38. The monoisotopic (exact) mass is 112 g/mol. The smallest absolute Gasteiger partial charge is 0.00920 e. The van der Waals surface area contributed by atoms with Gasteiger partial charge in [0.15, 0.2) is 0 Å². The van der Waals surface area contributed by atoms with E-state index in [1.54, 1.807) is 0 Å². The minimum atomic E-state index is 0.843. The van der Waals surface area contributed by atoms with Crippen LogP contribution in [0.2, 0.25) is 0 Å².